The van der Waals surface area contributed by atoms with Crippen molar-refractivity contribution >= 4 is 33.5 Å². The summed E-state index contributed by atoms with van der Waals surface area (Å²) in [7, 11) is 2.96. The first-order valence-corrected chi connectivity index (χ1v) is 10.4. The van der Waals surface area contributed by atoms with Gasteiger partial charge in [-0.3, -0.25) is 4.79 Å². The summed E-state index contributed by atoms with van der Waals surface area (Å²) in [5.41, 5.74) is 2.23. The molecule has 0 aliphatic rings. The molecule has 0 aromatic heterocycles. The highest BCUT2D eigenvalue weighted by Gasteiger charge is 2.21. The fourth-order valence-corrected chi connectivity index (χ4v) is 3.97. The lowest BCUT2D eigenvalue weighted by Crippen LogP contribution is -2.20. The summed E-state index contributed by atoms with van der Waals surface area (Å²) in [4.78, 5) is 24.7. The number of esters is 2. The predicted octanol–water partition coefficient (Wildman–Crippen LogP) is 5.63. The minimum Gasteiger partial charge on any atom is -0.496 e. The van der Waals surface area contributed by atoms with Crippen molar-refractivity contribution in [2.24, 2.45) is 5.92 Å². The van der Waals surface area contributed by atoms with Crippen molar-refractivity contribution in [1.29, 1.82) is 0 Å². The molecule has 162 valence electrons. The van der Waals surface area contributed by atoms with Crippen molar-refractivity contribution in [2.45, 2.75) is 6.92 Å². The largest absolute Gasteiger partial charge is 0.496 e. The van der Waals surface area contributed by atoms with Crippen molar-refractivity contribution in [3.05, 3.63) is 78.4 Å². The smallest absolute Gasteiger partial charge is 0.338 e. The van der Waals surface area contributed by atoms with E-state index in [1.807, 2.05) is 66.7 Å². The van der Waals surface area contributed by atoms with Crippen LogP contribution in [0, 0.1) is 5.92 Å². The maximum Gasteiger partial charge on any atom is 0.338 e. The minimum absolute atomic E-state index is 0.0539. The fraction of sp³-hybridized carbons (Fsp3) is 0.185. The normalized spacial score (nSPS) is 11.8. The maximum absolute atomic E-state index is 13.1. The lowest BCUT2D eigenvalue weighted by Gasteiger charge is -2.17. The molecule has 0 amide bonds. The number of methoxy groups -OCH3 is 2. The zero-order valence-electron chi connectivity index (χ0n) is 18.3. The van der Waals surface area contributed by atoms with Gasteiger partial charge in [-0.15, -0.1) is 0 Å². The second-order valence-corrected chi connectivity index (χ2v) is 7.60. The zero-order valence-corrected chi connectivity index (χ0v) is 18.3. The Morgan fingerprint density at radius 1 is 0.844 bits per heavy atom. The maximum atomic E-state index is 13.1. The van der Waals surface area contributed by atoms with Crippen LogP contribution in [0.4, 0.5) is 0 Å². The van der Waals surface area contributed by atoms with E-state index >= 15 is 0 Å². The van der Waals surface area contributed by atoms with Gasteiger partial charge >= 0.3 is 11.9 Å². The minimum atomic E-state index is -0.545. The first-order chi connectivity index (χ1) is 15.5. The second kappa shape index (κ2) is 9.10. The number of hydrogen-bond donors (Lipinski definition) is 0. The highest BCUT2D eigenvalue weighted by atomic mass is 16.5. The Morgan fingerprint density at radius 2 is 1.56 bits per heavy atom. The number of benzene rings is 4. The van der Waals surface area contributed by atoms with Crippen LogP contribution in [0.25, 0.3) is 32.7 Å². The summed E-state index contributed by atoms with van der Waals surface area (Å²) in [6.45, 7) is 1.61. The van der Waals surface area contributed by atoms with Gasteiger partial charge < -0.3 is 14.2 Å². The monoisotopic (exact) mass is 428 g/mol. The van der Waals surface area contributed by atoms with Crippen molar-refractivity contribution in [3.8, 4) is 16.9 Å². The molecule has 0 aliphatic carbocycles. The molecule has 0 radical (unpaired) electrons. The quantitative estimate of drug-likeness (QED) is 0.372. The van der Waals surface area contributed by atoms with E-state index < -0.39 is 17.9 Å². The number of rotatable bonds is 6. The zero-order chi connectivity index (χ0) is 22.7. The Hall–Kier alpha value is -3.86. The van der Waals surface area contributed by atoms with Gasteiger partial charge in [0.25, 0.3) is 0 Å². The third-order valence-corrected chi connectivity index (χ3v) is 5.57. The molecule has 0 spiro atoms. The molecule has 32 heavy (non-hydrogen) atoms. The molecule has 0 saturated carbocycles. The van der Waals surface area contributed by atoms with Crippen molar-refractivity contribution in [1.82, 2.24) is 0 Å². The summed E-state index contributed by atoms with van der Waals surface area (Å²) in [5, 5.41) is 3.79. The SMILES string of the molecule is COC(=O)[C@@H](C)COC(=O)c1cccc2cccc(-c3c(OC)ccc4ccccc34)c12. The highest BCUT2D eigenvalue weighted by molar-refractivity contribution is 6.14. The van der Waals surface area contributed by atoms with Gasteiger partial charge in [0.05, 0.1) is 25.7 Å². The Bertz CT molecular complexity index is 1300. The fourth-order valence-electron chi connectivity index (χ4n) is 3.97. The second-order valence-electron chi connectivity index (χ2n) is 7.60. The molecule has 0 fully saturated rings. The predicted molar refractivity (Wildman–Crippen MR) is 125 cm³/mol. The molecule has 0 saturated heterocycles. The number of hydrogen-bond acceptors (Lipinski definition) is 5. The van der Waals surface area contributed by atoms with Gasteiger partial charge in [0.15, 0.2) is 0 Å². The lowest BCUT2D eigenvalue weighted by molar-refractivity contribution is -0.146. The Labute approximate surface area is 186 Å². The van der Waals surface area contributed by atoms with Crippen molar-refractivity contribution < 1.29 is 23.8 Å². The lowest BCUT2D eigenvalue weighted by atomic mass is 9.91. The third kappa shape index (κ3) is 3.89. The van der Waals surface area contributed by atoms with Gasteiger partial charge in [0.1, 0.15) is 12.4 Å². The van der Waals surface area contributed by atoms with E-state index in [-0.39, 0.29) is 6.61 Å². The van der Waals surface area contributed by atoms with Gasteiger partial charge in [-0.2, -0.15) is 0 Å². The first kappa shape index (κ1) is 21.4. The molecule has 4 rings (SSSR count). The van der Waals surface area contributed by atoms with E-state index in [1.165, 1.54) is 7.11 Å². The van der Waals surface area contributed by atoms with Crippen LogP contribution in [0.2, 0.25) is 0 Å². The standard InChI is InChI=1S/C27H24O5/c1-17(26(28)31-3)16-32-27(29)22-13-7-10-19-9-6-12-21(24(19)22)25-20-11-5-4-8-18(20)14-15-23(25)30-2/h4-15,17H,16H2,1-3H3/t17-/m0/s1. The number of carbonyl (C=O) groups is 2. The van der Waals surface area contributed by atoms with Gasteiger partial charge in [-0.25, -0.2) is 4.79 Å². The molecule has 4 aromatic carbocycles. The molecular weight excluding hydrogens is 404 g/mol. The van der Waals surface area contributed by atoms with Crippen molar-refractivity contribution in [2.75, 3.05) is 20.8 Å². The van der Waals surface area contributed by atoms with Gasteiger partial charge in [0.2, 0.25) is 0 Å². The molecule has 4 aromatic rings. The number of carbonyl (C=O) groups excluding carboxylic acids is 2. The summed E-state index contributed by atoms with van der Waals surface area (Å²) in [5.74, 6) is -0.731. The van der Waals surface area contributed by atoms with Gasteiger partial charge in [-0.05, 0) is 40.8 Å². The molecule has 0 aliphatic heterocycles. The van der Waals surface area contributed by atoms with Crippen LogP contribution in [0.3, 0.4) is 0 Å². The number of ether oxygens (including phenoxy) is 3. The van der Waals surface area contributed by atoms with E-state index in [4.69, 9.17) is 14.2 Å². The molecule has 0 heterocycles. The van der Waals surface area contributed by atoms with Crippen LogP contribution in [-0.2, 0) is 14.3 Å². The van der Waals surface area contributed by atoms with E-state index in [1.54, 1.807) is 20.1 Å². The Morgan fingerprint density at radius 3 is 2.31 bits per heavy atom. The van der Waals surface area contributed by atoms with Crippen molar-refractivity contribution in [3.63, 3.8) is 0 Å². The van der Waals surface area contributed by atoms with Crippen LogP contribution in [0.1, 0.15) is 17.3 Å². The molecule has 5 nitrogen and oxygen atoms in total. The van der Waals surface area contributed by atoms with E-state index in [0.29, 0.717) is 5.56 Å². The summed E-state index contributed by atoms with van der Waals surface area (Å²) >= 11 is 0. The average molecular weight is 428 g/mol. The molecule has 0 unspecified atom stereocenters. The Balaban J connectivity index is 1.88. The molecule has 1 atom stereocenters. The van der Waals surface area contributed by atoms with Gasteiger partial charge in [-0.1, -0.05) is 60.7 Å². The summed E-state index contributed by atoms with van der Waals surface area (Å²) in [6.07, 6.45) is 0. The molecule has 5 heteroatoms. The van der Waals surface area contributed by atoms with Gasteiger partial charge in [0, 0.05) is 10.9 Å². The molecular formula is C27H24O5. The van der Waals surface area contributed by atoms with E-state index in [2.05, 4.69) is 0 Å². The van der Waals surface area contributed by atoms with Crippen LogP contribution in [0.5, 0.6) is 5.75 Å². The third-order valence-electron chi connectivity index (χ3n) is 5.57. The molecule has 0 bridgehead atoms. The summed E-state index contributed by atoms with van der Waals surface area (Å²) in [6, 6.07) is 23.5. The molecule has 0 N–H and O–H groups in total. The van der Waals surface area contributed by atoms with E-state index in [9.17, 15) is 9.59 Å². The average Bonchev–Trinajstić information content (AvgIpc) is 2.85. The van der Waals surface area contributed by atoms with Crippen LogP contribution in [0.15, 0.2) is 72.8 Å². The van der Waals surface area contributed by atoms with Crippen LogP contribution in [-0.4, -0.2) is 32.8 Å². The number of fused-ring (bicyclic) bond motifs is 2. The first-order valence-electron chi connectivity index (χ1n) is 10.4. The van der Waals surface area contributed by atoms with E-state index in [0.717, 1.165) is 38.4 Å². The topological polar surface area (TPSA) is 61.8 Å². The highest BCUT2D eigenvalue weighted by Crippen LogP contribution is 2.41. The Kier molecular flexibility index (Phi) is 6.08. The van der Waals surface area contributed by atoms with Crippen LogP contribution < -0.4 is 4.74 Å². The van der Waals surface area contributed by atoms with Crippen LogP contribution >= 0.6 is 0 Å². The summed E-state index contributed by atoms with van der Waals surface area (Å²) < 4.78 is 15.9.